The highest BCUT2D eigenvalue weighted by atomic mass is 32.2. The number of ketones is 1. The van der Waals surface area contributed by atoms with Gasteiger partial charge in [0.2, 0.25) is 0 Å². The first-order chi connectivity index (χ1) is 9.62. The Morgan fingerprint density at radius 2 is 2.00 bits per heavy atom. The molecule has 0 aliphatic carbocycles. The average molecular weight is 295 g/mol. The summed E-state index contributed by atoms with van der Waals surface area (Å²) in [6.07, 6.45) is 0. The molecule has 0 aromatic heterocycles. The van der Waals surface area contributed by atoms with Crippen LogP contribution in [0.4, 0.5) is 0 Å². The molecule has 0 saturated carbocycles. The first-order valence-corrected chi connectivity index (χ1v) is 8.25. The van der Waals surface area contributed by atoms with Gasteiger partial charge in [0, 0.05) is 29.2 Å². The van der Waals surface area contributed by atoms with Crippen molar-refractivity contribution in [3.63, 3.8) is 0 Å². The molecule has 1 rings (SSSR count). The highest BCUT2D eigenvalue weighted by molar-refractivity contribution is 7.98. The number of hydrogen-bond donors (Lipinski definition) is 0. The minimum absolute atomic E-state index is 0.0991. The van der Waals surface area contributed by atoms with Crippen LogP contribution >= 0.6 is 11.8 Å². The van der Waals surface area contributed by atoms with E-state index in [2.05, 4.69) is 18.7 Å². The van der Waals surface area contributed by atoms with Crippen LogP contribution in [0.2, 0.25) is 0 Å². The molecule has 20 heavy (non-hydrogen) atoms. The van der Waals surface area contributed by atoms with Crippen molar-refractivity contribution >= 4 is 17.5 Å². The molecule has 0 aliphatic rings. The predicted molar refractivity (Wildman–Crippen MR) is 86.9 cm³/mol. The first kappa shape index (κ1) is 17.1. The molecule has 0 atom stereocenters. The summed E-state index contributed by atoms with van der Waals surface area (Å²) < 4.78 is 5.37. The van der Waals surface area contributed by atoms with Crippen LogP contribution in [0.1, 0.15) is 36.7 Å². The number of carbonyl (C=O) groups excluding carboxylic acids is 1. The van der Waals surface area contributed by atoms with Crippen molar-refractivity contribution in [2.24, 2.45) is 0 Å². The van der Waals surface area contributed by atoms with Gasteiger partial charge in [0.15, 0.2) is 5.78 Å². The Hall–Kier alpha value is -1.00. The van der Waals surface area contributed by atoms with Gasteiger partial charge in [-0.15, -0.1) is 0 Å². The Morgan fingerprint density at radius 3 is 2.55 bits per heavy atom. The predicted octanol–water partition coefficient (Wildman–Crippen LogP) is 3.47. The van der Waals surface area contributed by atoms with Gasteiger partial charge >= 0.3 is 0 Å². The van der Waals surface area contributed by atoms with E-state index in [1.54, 1.807) is 14.0 Å². The Morgan fingerprint density at radius 1 is 1.30 bits per heavy atom. The normalized spacial score (nSPS) is 10.8. The first-order valence-electron chi connectivity index (χ1n) is 7.10. The molecule has 0 heterocycles. The van der Waals surface area contributed by atoms with E-state index in [0.29, 0.717) is 0 Å². The molecule has 112 valence electrons. The van der Waals surface area contributed by atoms with Gasteiger partial charge in [-0.1, -0.05) is 13.8 Å². The number of carbonyl (C=O) groups is 1. The van der Waals surface area contributed by atoms with Gasteiger partial charge in [-0.2, -0.15) is 11.8 Å². The van der Waals surface area contributed by atoms with Crippen LogP contribution in [0.3, 0.4) is 0 Å². The van der Waals surface area contributed by atoms with Gasteiger partial charge in [0.25, 0.3) is 0 Å². The van der Waals surface area contributed by atoms with Gasteiger partial charge in [0.05, 0.1) is 7.11 Å². The molecule has 0 amide bonds. The van der Waals surface area contributed by atoms with Crippen molar-refractivity contribution in [2.75, 3.05) is 32.5 Å². The molecular formula is C16H25NO2S. The van der Waals surface area contributed by atoms with Gasteiger partial charge in [-0.3, -0.25) is 4.79 Å². The molecule has 0 bridgehead atoms. The van der Waals surface area contributed by atoms with Crippen LogP contribution in [0.15, 0.2) is 18.2 Å². The van der Waals surface area contributed by atoms with E-state index in [4.69, 9.17) is 4.74 Å². The van der Waals surface area contributed by atoms with E-state index < -0.39 is 0 Å². The maximum Gasteiger partial charge on any atom is 0.159 e. The fourth-order valence-corrected chi connectivity index (χ4v) is 3.00. The zero-order chi connectivity index (χ0) is 15.0. The molecule has 1 aromatic rings. The lowest BCUT2D eigenvalue weighted by Crippen LogP contribution is -2.25. The number of hydrogen-bond acceptors (Lipinski definition) is 4. The van der Waals surface area contributed by atoms with E-state index in [-0.39, 0.29) is 5.78 Å². The van der Waals surface area contributed by atoms with Gasteiger partial charge in [-0.25, -0.2) is 0 Å². The molecular weight excluding hydrogens is 270 g/mol. The number of ether oxygens (including phenoxy) is 1. The summed E-state index contributed by atoms with van der Waals surface area (Å²) in [6.45, 7) is 9.27. The summed E-state index contributed by atoms with van der Waals surface area (Å²) >= 11 is 1.88. The lowest BCUT2D eigenvalue weighted by atomic mass is 10.1. The van der Waals surface area contributed by atoms with Crippen molar-refractivity contribution in [1.82, 2.24) is 4.90 Å². The van der Waals surface area contributed by atoms with E-state index >= 15 is 0 Å². The van der Waals surface area contributed by atoms with E-state index in [1.807, 2.05) is 30.0 Å². The molecule has 0 aliphatic heterocycles. The summed E-state index contributed by atoms with van der Waals surface area (Å²) in [4.78, 5) is 13.9. The molecule has 0 fully saturated rings. The molecule has 0 saturated heterocycles. The zero-order valence-electron chi connectivity index (χ0n) is 12.9. The molecule has 3 nitrogen and oxygen atoms in total. The topological polar surface area (TPSA) is 29.5 Å². The lowest BCUT2D eigenvalue weighted by molar-refractivity contribution is 0.101. The smallest absolute Gasteiger partial charge is 0.159 e. The van der Waals surface area contributed by atoms with E-state index in [9.17, 15) is 4.79 Å². The summed E-state index contributed by atoms with van der Waals surface area (Å²) in [5.74, 6) is 2.94. The Labute approximate surface area is 126 Å². The fourth-order valence-electron chi connectivity index (χ4n) is 2.03. The number of methoxy groups -OCH3 is 1. The number of rotatable bonds is 9. The maximum atomic E-state index is 11.4. The Kier molecular flexibility index (Phi) is 7.70. The number of benzene rings is 1. The quantitative estimate of drug-likeness (QED) is 0.515. The minimum Gasteiger partial charge on any atom is -0.496 e. The minimum atomic E-state index is 0.0991. The van der Waals surface area contributed by atoms with E-state index in [1.165, 1.54) is 0 Å². The third-order valence-corrected chi connectivity index (χ3v) is 4.38. The van der Waals surface area contributed by atoms with Crippen LogP contribution in [0.5, 0.6) is 5.75 Å². The summed E-state index contributed by atoms with van der Waals surface area (Å²) in [5.41, 5.74) is 1.86. The third kappa shape index (κ3) is 5.17. The zero-order valence-corrected chi connectivity index (χ0v) is 13.8. The number of thioether (sulfide) groups is 1. The second-order valence-corrected chi connectivity index (χ2v) is 5.77. The van der Waals surface area contributed by atoms with Crippen LogP contribution in [0, 0.1) is 0 Å². The number of Topliss-reactive ketones (excluding diaryl/α,β-unsaturated/α-hetero) is 1. The van der Waals surface area contributed by atoms with Crippen molar-refractivity contribution in [3.05, 3.63) is 29.3 Å². The van der Waals surface area contributed by atoms with Crippen LogP contribution in [-0.2, 0) is 5.75 Å². The van der Waals surface area contributed by atoms with Gasteiger partial charge in [-0.05, 0) is 38.2 Å². The van der Waals surface area contributed by atoms with Gasteiger partial charge < -0.3 is 9.64 Å². The van der Waals surface area contributed by atoms with Gasteiger partial charge in [0.1, 0.15) is 5.75 Å². The summed E-state index contributed by atoms with van der Waals surface area (Å²) in [7, 11) is 1.67. The Balaban J connectivity index is 2.57. The van der Waals surface area contributed by atoms with Crippen molar-refractivity contribution in [3.8, 4) is 5.75 Å². The standard InChI is InChI=1S/C16H25NO2S/c1-5-17(6-2)9-10-20-12-15-11-14(13(3)18)7-8-16(15)19-4/h7-8,11H,5-6,9-10,12H2,1-4H3. The SMILES string of the molecule is CCN(CC)CCSCc1cc(C(C)=O)ccc1OC. The van der Waals surface area contributed by atoms with Crippen LogP contribution in [-0.4, -0.2) is 43.2 Å². The molecule has 0 spiro atoms. The van der Waals surface area contributed by atoms with Crippen LogP contribution < -0.4 is 4.74 Å². The molecule has 0 N–H and O–H groups in total. The fraction of sp³-hybridized carbons (Fsp3) is 0.562. The van der Waals surface area contributed by atoms with Crippen molar-refractivity contribution < 1.29 is 9.53 Å². The van der Waals surface area contributed by atoms with Crippen LogP contribution in [0.25, 0.3) is 0 Å². The highest BCUT2D eigenvalue weighted by Gasteiger charge is 2.07. The largest absolute Gasteiger partial charge is 0.496 e. The van der Waals surface area contributed by atoms with Crippen molar-refractivity contribution in [2.45, 2.75) is 26.5 Å². The molecule has 4 heteroatoms. The number of nitrogens with zero attached hydrogens (tertiary/aromatic N) is 1. The lowest BCUT2D eigenvalue weighted by Gasteiger charge is -2.17. The second kappa shape index (κ2) is 9.03. The monoisotopic (exact) mass is 295 g/mol. The molecule has 0 unspecified atom stereocenters. The highest BCUT2D eigenvalue weighted by Crippen LogP contribution is 2.24. The molecule has 0 radical (unpaired) electrons. The Bertz CT molecular complexity index is 430. The second-order valence-electron chi connectivity index (χ2n) is 4.66. The average Bonchev–Trinajstić information content (AvgIpc) is 2.47. The third-order valence-electron chi connectivity index (χ3n) is 3.39. The van der Waals surface area contributed by atoms with Crippen molar-refractivity contribution in [1.29, 1.82) is 0 Å². The van der Waals surface area contributed by atoms with E-state index in [0.717, 1.165) is 48.0 Å². The molecule has 1 aromatic carbocycles. The summed E-state index contributed by atoms with van der Waals surface area (Å²) in [5, 5.41) is 0. The summed E-state index contributed by atoms with van der Waals surface area (Å²) in [6, 6.07) is 5.66. The maximum absolute atomic E-state index is 11.4.